The molecule has 0 aliphatic heterocycles. The Labute approximate surface area is 118 Å². The van der Waals surface area contributed by atoms with E-state index in [0.717, 1.165) is 0 Å². The van der Waals surface area contributed by atoms with Crippen LogP contribution in [0.15, 0.2) is 30.3 Å². The normalized spacial score (nSPS) is 13.5. The van der Waals surface area contributed by atoms with Crippen molar-refractivity contribution in [1.29, 1.82) is 0 Å². The molecule has 118 valence electrons. The quantitative estimate of drug-likeness (QED) is 0.804. The lowest BCUT2D eigenvalue weighted by atomic mass is 10.2. The van der Waals surface area contributed by atoms with Crippen LogP contribution in [0.2, 0.25) is 0 Å². The van der Waals surface area contributed by atoms with Crippen LogP contribution in [0.5, 0.6) is 0 Å². The zero-order chi connectivity index (χ0) is 16.1. The molecular weight excluding hydrogens is 315 g/mol. The average molecular weight is 327 g/mol. The van der Waals surface area contributed by atoms with E-state index in [4.69, 9.17) is 4.55 Å². The third kappa shape index (κ3) is 6.95. The Balaban J connectivity index is 2.60. The molecule has 0 heterocycles. The largest absolute Gasteiger partial charge is 0.435 e. The molecule has 0 aliphatic carbocycles. The lowest BCUT2D eigenvalue weighted by molar-refractivity contribution is -0.196. The molecule has 0 bridgehead atoms. The molecule has 21 heavy (non-hydrogen) atoms. The fourth-order valence-electron chi connectivity index (χ4n) is 1.33. The summed E-state index contributed by atoms with van der Waals surface area (Å²) in [6.07, 6.45) is -9.49. The molecule has 0 saturated carbocycles. The van der Waals surface area contributed by atoms with Crippen molar-refractivity contribution in [3.63, 3.8) is 0 Å². The van der Waals surface area contributed by atoms with E-state index in [1.165, 1.54) is 0 Å². The first-order valence-electron chi connectivity index (χ1n) is 5.58. The van der Waals surface area contributed by atoms with Crippen molar-refractivity contribution >= 4 is 16.2 Å². The second-order valence-electron chi connectivity index (χ2n) is 4.02. The SMILES string of the molecule is O=C(NCc1ccccc1)OC(CS(=O)(=O)O)C(F)(F)F. The Morgan fingerprint density at radius 1 is 1.29 bits per heavy atom. The van der Waals surface area contributed by atoms with Gasteiger partial charge in [-0.25, -0.2) is 4.79 Å². The fourth-order valence-corrected chi connectivity index (χ4v) is 1.97. The highest BCUT2D eigenvalue weighted by atomic mass is 32.2. The lowest BCUT2D eigenvalue weighted by Gasteiger charge is -2.19. The van der Waals surface area contributed by atoms with Gasteiger partial charge in [0.15, 0.2) is 0 Å². The molecule has 1 amide bonds. The molecule has 0 saturated heterocycles. The molecule has 0 fully saturated rings. The van der Waals surface area contributed by atoms with E-state index in [-0.39, 0.29) is 6.54 Å². The summed E-state index contributed by atoms with van der Waals surface area (Å²) < 4.78 is 70.9. The van der Waals surface area contributed by atoms with Gasteiger partial charge < -0.3 is 10.1 Å². The van der Waals surface area contributed by atoms with E-state index in [9.17, 15) is 26.4 Å². The van der Waals surface area contributed by atoms with E-state index in [1.807, 2.05) is 5.32 Å². The van der Waals surface area contributed by atoms with Gasteiger partial charge in [0.25, 0.3) is 10.1 Å². The van der Waals surface area contributed by atoms with Crippen molar-refractivity contribution in [2.45, 2.75) is 18.8 Å². The molecule has 1 unspecified atom stereocenters. The number of ether oxygens (including phenoxy) is 1. The summed E-state index contributed by atoms with van der Waals surface area (Å²) in [6, 6.07) is 8.30. The maximum Gasteiger partial charge on any atom is 0.426 e. The Morgan fingerprint density at radius 2 is 1.86 bits per heavy atom. The van der Waals surface area contributed by atoms with Gasteiger partial charge in [0.1, 0.15) is 5.75 Å². The summed E-state index contributed by atoms with van der Waals surface area (Å²) in [5.74, 6) is -1.75. The van der Waals surface area contributed by atoms with Crippen LogP contribution in [0, 0.1) is 0 Å². The van der Waals surface area contributed by atoms with Crippen LogP contribution in [0.3, 0.4) is 0 Å². The summed E-state index contributed by atoms with van der Waals surface area (Å²) in [6.45, 7) is -0.0872. The minimum absolute atomic E-state index is 0.0872. The topological polar surface area (TPSA) is 92.7 Å². The van der Waals surface area contributed by atoms with Crippen molar-refractivity contribution in [3.8, 4) is 0 Å². The smallest absolute Gasteiger partial charge is 0.426 e. The van der Waals surface area contributed by atoms with E-state index < -0.39 is 34.2 Å². The highest BCUT2D eigenvalue weighted by molar-refractivity contribution is 7.85. The van der Waals surface area contributed by atoms with Crippen LogP contribution in [0.4, 0.5) is 18.0 Å². The first kappa shape index (κ1) is 17.2. The van der Waals surface area contributed by atoms with Crippen LogP contribution < -0.4 is 5.32 Å². The number of rotatable bonds is 5. The summed E-state index contributed by atoms with van der Waals surface area (Å²) >= 11 is 0. The van der Waals surface area contributed by atoms with Gasteiger partial charge in [-0.3, -0.25) is 4.55 Å². The molecule has 1 aromatic rings. The van der Waals surface area contributed by atoms with Crippen LogP contribution >= 0.6 is 0 Å². The summed E-state index contributed by atoms with van der Waals surface area (Å²) in [7, 11) is -4.94. The van der Waals surface area contributed by atoms with E-state index in [0.29, 0.717) is 5.56 Å². The summed E-state index contributed by atoms with van der Waals surface area (Å²) in [4.78, 5) is 11.2. The first-order chi connectivity index (χ1) is 9.58. The standard InChI is InChI=1S/C11H12F3NO5S/c12-11(13,14)9(7-21(17,18)19)20-10(16)15-6-8-4-2-1-3-5-8/h1-5,9H,6-7H2,(H,15,16)(H,17,18,19). The number of carbonyl (C=O) groups is 1. The van der Waals surface area contributed by atoms with Gasteiger partial charge in [0, 0.05) is 6.54 Å². The molecule has 0 aromatic heterocycles. The monoisotopic (exact) mass is 327 g/mol. The molecule has 0 spiro atoms. The average Bonchev–Trinajstić information content (AvgIpc) is 2.34. The number of nitrogens with one attached hydrogen (secondary N) is 1. The van der Waals surface area contributed by atoms with Crippen LogP contribution in [0.25, 0.3) is 0 Å². The molecule has 1 aromatic carbocycles. The van der Waals surface area contributed by atoms with Gasteiger partial charge in [-0.05, 0) is 5.56 Å². The minimum Gasteiger partial charge on any atom is -0.435 e. The van der Waals surface area contributed by atoms with Gasteiger partial charge >= 0.3 is 12.3 Å². The van der Waals surface area contributed by atoms with Gasteiger partial charge in [-0.2, -0.15) is 21.6 Å². The summed E-state index contributed by atoms with van der Waals surface area (Å²) in [5.41, 5.74) is 0.618. The zero-order valence-corrected chi connectivity index (χ0v) is 11.3. The van der Waals surface area contributed by atoms with Crippen molar-refractivity contribution < 1.29 is 35.7 Å². The number of hydrogen-bond acceptors (Lipinski definition) is 4. The second-order valence-corrected chi connectivity index (χ2v) is 5.52. The molecule has 1 atom stereocenters. The number of benzene rings is 1. The van der Waals surface area contributed by atoms with Crippen LogP contribution in [0.1, 0.15) is 5.56 Å². The van der Waals surface area contributed by atoms with Crippen LogP contribution in [-0.4, -0.2) is 37.1 Å². The molecule has 6 nitrogen and oxygen atoms in total. The first-order valence-corrected chi connectivity index (χ1v) is 7.19. The predicted octanol–water partition coefficient (Wildman–Crippen LogP) is 1.73. The maximum absolute atomic E-state index is 12.5. The van der Waals surface area contributed by atoms with Gasteiger partial charge in [-0.15, -0.1) is 0 Å². The molecule has 2 N–H and O–H groups in total. The lowest BCUT2D eigenvalue weighted by Crippen LogP contribution is -2.42. The van der Waals surface area contributed by atoms with Crippen molar-refractivity contribution in [2.75, 3.05) is 5.75 Å². The predicted molar refractivity (Wildman–Crippen MR) is 66.0 cm³/mol. The zero-order valence-electron chi connectivity index (χ0n) is 10.5. The van der Waals surface area contributed by atoms with Gasteiger partial charge in [0.2, 0.25) is 6.10 Å². The molecule has 0 radical (unpaired) electrons. The highest BCUT2D eigenvalue weighted by Gasteiger charge is 2.45. The number of alkyl halides is 3. The highest BCUT2D eigenvalue weighted by Crippen LogP contribution is 2.24. The van der Waals surface area contributed by atoms with Crippen molar-refractivity contribution in [3.05, 3.63) is 35.9 Å². The van der Waals surface area contributed by atoms with Crippen molar-refractivity contribution in [1.82, 2.24) is 5.32 Å². The Hall–Kier alpha value is -1.81. The Kier molecular flexibility index (Phi) is 5.55. The Morgan fingerprint density at radius 3 is 2.33 bits per heavy atom. The number of carbonyl (C=O) groups excluding carboxylic acids is 1. The molecule has 1 rings (SSSR count). The van der Waals surface area contributed by atoms with E-state index in [1.54, 1.807) is 30.3 Å². The molecular formula is C11H12F3NO5S. The Bertz CT molecular complexity index is 573. The number of amides is 1. The fraction of sp³-hybridized carbons (Fsp3) is 0.364. The third-order valence-corrected chi connectivity index (χ3v) is 2.98. The third-order valence-electron chi connectivity index (χ3n) is 2.26. The van der Waals surface area contributed by atoms with Crippen molar-refractivity contribution in [2.24, 2.45) is 0 Å². The maximum atomic E-state index is 12.5. The minimum atomic E-state index is -5.11. The molecule has 0 aliphatic rings. The molecule has 10 heteroatoms. The van der Waals surface area contributed by atoms with E-state index in [2.05, 4.69) is 4.74 Å². The number of alkyl carbamates (subject to hydrolysis) is 1. The van der Waals surface area contributed by atoms with Crippen LogP contribution in [-0.2, 0) is 21.4 Å². The number of halogens is 3. The summed E-state index contributed by atoms with van der Waals surface area (Å²) in [5, 5.41) is 2.05. The van der Waals surface area contributed by atoms with Gasteiger partial charge in [-0.1, -0.05) is 30.3 Å². The van der Waals surface area contributed by atoms with Gasteiger partial charge in [0.05, 0.1) is 0 Å². The second kappa shape index (κ2) is 6.76. The number of hydrogen-bond donors (Lipinski definition) is 2. The van der Waals surface area contributed by atoms with E-state index >= 15 is 0 Å².